The van der Waals surface area contributed by atoms with Crippen LogP contribution in [0.1, 0.15) is 17.6 Å². The lowest BCUT2D eigenvalue weighted by molar-refractivity contribution is -0.139. The third-order valence-electron chi connectivity index (χ3n) is 1.58. The van der Waals surface area contributed by atoms with E-state index in [9.17, 15) is 26.3 Å². The molecule has 1 rings (SSSR count). The average Bonchev–Trinajstić information content (AvgIpc) is 2.01. The van der Waals surface area contributed by atoms with Crippen LogP contribution in [0.25, 0.3) is 0 Å². The molecule has 0 aliphatic heterocycles. The van der Waals surface area contributed by atoms with Crippen molar-refractivity contribution >= 4 is 0 Å². The first-order chi connectivity index (χ1) is 6.34. The number of hydrogen-bond acceptors (Lipinski definition) is 0. The minimum absolute atomic E-state index is 0.421. The van der Waals surface area contributed by atoms with Crippen LogP contribution >= 0.6 is 0 Å². The normalized spacial score (nSPS) is 12.2. The molecule has 0 fully saturated rings. The van der Waals surface area contributed by atoms with Gasteiger partial charge in [-0.1, -0.05) is 6.07 Å². The molecule has 0 aliphatic rings. The molecule has 0 aliphatic carbocycles. The Kier molecular flexibility index (Phi) is 2.73. The Balaban J connectivity index is 3.36. The molecule has 0 saturated carbocycles. The molecule has 1 aromatic rings. The number of benzene rings is 1. The molecule has 0 radical (unpaired) electrons. The van der Waals surface area contributed by atoms with Gasteiger partial charge in [-0.25, -0.2) is 13.2 Å². The molecule has 78 valence electrons. The van der Waals surface area contributed by atoms with E-state index in [-0.39, 0.29) is 0 Å². The van der Waals surface area contributed by atoms with Crippen LogP contribution in [0.15, 0.2) is 18.2 Å². The maximum absolute atomic E-state index is 12.7. The van der Waals surface area contributed by atoms with Crippen LogP contribution in [0.2, 0.25) is 0 Å². The Morgan fingerprint density at radius 1 is 1.07 bits per heavy atom. The molecule has 14 heavy (non-hydrogen) atoms. The SMILES string of the molecule is Fc1cccc(C(F)(F)F)c1C(F)F. The number of halogens is 6. The van der Waals surface area contributed by atoms with Gasteiger partial charge in [-0.15, -0.1) is 0 Å². The van der Waals surface area contributed by atoms with Gasteiger partial charge in [0, 0.05) is 0 Å². The molecule has 0 aromatic heterocycles. The lowest BCUT2D eigenvalue weighted by atomic mass is 10.1. The standard InChI is InChI=1S/C8H4F6/c9-5-3-1-2-4(8(12,13)14)6(5)7(10)11/h1-3,7H. The van der Waals surface area contributed by atoms with Gasteiger partial charge in [0.1, 0.15) is 5.82 Å². The molecule has 0 amide bonds. The van der Waals surface area contributed by atoms with E-state index in [2.05, 4.69) is 0 Å². The second kappa shape index (κ2) is 3.51. The Labute approximate surface area is 75.2 Å². The summed E-state index contributed by atoms with van der Waals surface area (Å²) in [6.07, 6.45) is -8.44. The van der Waals surface area contributed by atoms with Crippen molar-refractivity contribution in [3.8, 4) is 0 Å². The van der Waals surface area contributed by atoms with Gasteiger partial charge in [-0.3, -0.25) is 0 Å². The number of hydrogen-bond donors (Lipinski definition) is 0. The number of rotatable bonds is 1. The zero-order valence-corrected chi connectivity index (χ0v) is 6.58. The van der Waals surface area contributed by atoms with E-state index in [1.54, 1.807) is 0 Å². The fourth-order valence-electron chi connectivity index (χ4n) is 1.01. The van der Waals surface area contributed by atoms with Crippen LogP contribution < -0.4 is 0 Å². The Hall–Kier alpha value is -1.20. The first kappa shape index (κ1) is 10.9. The highest BCUT2D eigenvalue weighted by molar-refractivity contribution is 5.31. The maximum Gasteiger partial charge on any atom is 0.416 e. The van der Waals surface area contributed by atoms with Crippen molar-refractivity contribution in [2.24, 2.45) is 0 Å². The average molecular weight is 214 g/mol. The van der Waals surface area contributed by atoms with E-state index < -0.39 is 29.5 Å². The zero-order chi connectivity index (χ0) is 10.9. The summed E-state index contributed by atoms with van der Waals surface area (Å²) in [5, 5.41) is 0. The van der Waals surface area contributed by atoms with E-state index in [0.717, 1.165) is 6.07 Å². The van der Waals surface area contributed by atoms with Gasteiger partial charge in [0.2, 0.25) is 0 Å². The second-order valence-corrected chi connectivity index (χ2v) is 2.50. The topological polar surface area (TPSA) is 0 Å². The second-order valence-electron chi connectivity index (χ2n) is 2.50. The van der Waals surface area contributed by atoms with Gasteiger partial charge in [0.25, 0.3) is 6.43 Å². The van der Waals surface area contributed by atoms with Gasteiger partial charge in [0.15, 0.2) is 0 Å². The molecule has 6 heteroatoms. The lowest BCUT2D eigenvalue weighted by Gasteiger charge is -2.12. The van der Waals surface area contributed by atoms with Crippen molar-refractivity contribution in [3.63, 3.8) is 0 Å². The maximum atomic E-state index is 12.7. The van der Waals surface area contributed by atoms with E-state index in [1.165, 1.54) is 0 Å². The Morgan fingerprint density at radius 3 is 2.00 bits per heavy atom. The lowest BCUT2D eigenvalue weighted by Crippen LogP contribution is -2.11. The van der Waals surface area contributed by atoms with Crippen molar-refractivity contribution in [3.05, 3.63) is 35.1 Å². The van der Waals surface area contributed by atoms with Gasteiger partial charge in [0.05, 0.1) is 11.1 Å². The van der Waals surface area contributed by atoms with Gasteiger partial charge in [-0.05, 0) is 12.1 Å². The fraction of sp³-hybridized carbons (Fsp3) is 0.250. The summed E-state index contributed by atoms with van der Waals surface area (Å²) >= 11 is 0. The molecule has 0 heterocycles. The third kappa shape index (κ3) is 2.00. The summed E-state index contributed by atoms with van der Waals surface area (Å²) in [4.78, 5) is 0. The highest BCUT2D eigenvalue weighted by atomic mass is 19.4. The van der Waals surface area contributed by atoms with Crippen molar-refractivity contribution in [1.29, 1.82) is 0 Å². The summed E-state index contributed by atoms with van der Waals surface area (Å²) in [6, 6.07) is 1.73. The van der Waals surface area contributed by atoms with Crippen molar-refractivity contribution in [1.82, 2.24) is 0 Å². The molecule has 0 saturated heterocycles. The largest absolute Gasteiger partial charge is 0.416 e. The van der Waals surface area contributed by atoms with Gasteiger partial charge >= 0.3 is 6.18 Å². The van der Waals surface area contributed by atoms with Crippen LogP contribution in [-0.2, 0) is 6.18 Å². The minimum Gasteiger partial charge on any atom is -0.206 e. The Bertz CT molecular complexity index is 327. The van der Waals surface area contributed by atoms with E-state index >= 15 is 0 Å². The van der Waals surface area contributed by atoms with Crippen LogP contribution in [0.3, 0.4) is 0 Å². The molecular formula is C8H4F6. The summed E-state index contributed by atoms with van der Waals surface area (Å²) in [5.41, 5.74) is -3.23. The van der Waals surface area contributed by atoms with Gasteiger partial charge < -0.3 is 0 Å². The number of alkyl halides is 5. The highest BCUT2D eigenvalue weighted by Gasteiger charge is 2.37. The summed E-state index contributed by atoms with van der Waals surface area (Å²) in [5.74, 6) is -1.55. The first-order valence-electron chi connectivity index (χ1n) is 3.48. The fourth-order valence-corrected chi connectivity index (χ4v) is 1.01. The van der Waals surface area contributed by atoms with Gasteiger partial charge in [-0.2, -0.15) is 13.2 Å². The minimum atomic E-state index is -4.96. The van der Waals surface area contributed by atoms with Crippen LogP contribution in [-0.4, -0.2) is 0 Å². The monoisotopic (exact) mass is 214 g/mol. The first-order valence-corrected chi connectivity index (χ1v) is 3.48. The molecule has 0 nitrogen and oxygen atoms in total. The third-order valence-corrected chi connectivity index (χ3v) is 1.58. The van der Waals surface area contributed by atoms with Crippen LogP contribution in [0.5, 0.6) is 0 Å². The van der Waals surface area contributed by atoms with Crippen molar-refractivity contribution in [2.45, 2.75) is 12.6 Å². The van der Waals surface area contributed by atoms with Crippen LogP contribution in [0.4, 0.5) is 26.3 Å². The molecule has 0 bridgehead atoms. The van der Waals surface area contributed by atoms with Crippen LogP contribution in [0, 0.1) is 5.82 Å². The Morgan fingerprint density at radius 2 is 1.64 bits per heavy atom. The summed E-state index contributed by atoms with van der Waals surface area (Å²) in [6.45, 7) is 0. The smallest absolute Gasteiger partial charge is 0.206 e. The zero-order valence-electron chi connectivity index (χ0n) is 6.58. The summed E-state index contributed by atoms with van der Waals surface area (Å²) < 4.78 is 73.1. The molecule has 0 N–H and O–H groups in total. The van der Waals surface area contributed by atoms with E-state index in [1.807, 2.05) is 0 Å². The quantitative estimate of drug-likeness (QED) is 0.624. The highest BCUT2D eigenvalue weighted by Crippen LogP contribution is 2.37. The summed E-state index contributed by atoms with van der Waals surface area (Å²) in [7, 11) is 0. The predicted molar refractivity (Wildman–Crippen MR) is 36.4 cm³/mol. The van der Waals surface area contributed by atoms with E-state index in [0.29, 0.717) is 12.1 Å². The molecule has 0 unspecified atom stereocenters. The van der Waals surface area contributed by atoms with Crippen molar-refractivity contribution < 1.29 is 26.3 Å². The molecule has 1 aromatic carbocycles. The predicted octanol–water partition coefficient (Wildman–Crippen LogP) is 3.78. The molecular weight excluding hydrogens is 210 g/mol. The molecule has 0 spiro atoms. The van der Waals surface area contributed by atoms with E-state index in [4.69, 9.17) is 0 Å². The molecule has 0 atom stereocenters. The van der Waals surface area contributed by atoms with Crippen molar-refractivity contribution in [2.75, 3.05) is 0 Å².